The summed E-state index contributed by atoms with van der Waals surface area (Å²) in [6, 6.07) is 0.678. The van der Waals surface area contributed by atoms with Crippen molar-refractivity contribution < 1.29 is 5.11 Å². The molecule has 2 fully saturated rings. The van der Waals surface area contributed by atoms with Crippen LogP contribution in [0.4, 0.5) is 0 Å². The van der Waals surface area contributed by atoms with Gasteiger partial charge >= 0.3 is 0 Å². The molecular weight excluding hydrogens is 236 g/mol. The minimum absolute atomic E-state index is 0.0488. The van der Waals surface area contributed by atoms with Gasteiger partial charge in [0.05, 0.1) is 6.61 Å². The van der Waals surface area contributed by atoms with E-state index in [2.05, 4.69) is 31.0 Å². The molecule has 3 unspecified atom stereocenters. The summed E-state index contributed by atoms with van der Waals surface area (Å²) in [6.07, 6.45) is 6.16. The smallest absolute Gasteiger partial charge is 0.0610 e. The van der Waals surface area contributed by atoms with Gasteiger partial charge in [0.2, 0.25) is 0 Å². The fourth-order valence-corrected chi connectivity index (χ4v) is 3.20. The van der Waals surface area contributed by atoms with Crippen molar-refractivity contribution in [1.82, 2.24) is 10.2 Å². The normalized spacial score (nSPS) is 31.6. The zero-order valence-electron chi connectivity index (χ0n) is 13.0. The van der Waals surface area contributed by atoms with E-state index in [9.17, 15) is 5.11 Å². The Hall–Kier alpha value is -0.120. The number of nitrogens with zero attached hydrogens (tertiary/aromatic N) is 1. The van der Waals surface area contributed by atoms with Crippen LogP contribution in [0.3, 0.4) is 0 Å². The predicted octanol–water partition coefficient (Wildman–Crippen LogP) is 2.25. The minimum atomic E-state index is -0.0488. The highest BCUT2D eigenvalue weighted by molar-refractivity contribution is 4.92. The van der Waals surface area contributed by atoms with Gasteiger partial charge in [0.1, 0.15) is 0 Å². The molecule has 0 spiro atoms. The van der Waals surface area contributed by atoms with Crippen LogP contribution in [0.5, 0.6) is 0 Å². The molecule has 0 radical (unpaired) electrons. The third-order valence-corrected chi connectivity index (χ3v) is 5.00. The van der Waals surface area contributed by atoms with Crippen molar-refractivity contribution in [1.29, 1.82) is 0 Å². The lowest BCUT2D eigenvalue weighted by Gasteiger charge is -2.29. The average Bonchev–Trinajstić information content (AvgIpc) is 3.12. The van der Waals surface area contributed by atoms with Crippen LogP contribution >= 0.6 is 0 Å². The summed E-state index contributed by atoms with van der Waals surface area (Å²) in [5, 5.41) is 13.2. The number of nitrogens with one attached hydrogen (secondary N) is 1. The standard InChI is InChI=1S/C16H32N2O/c1-13-10-18(11-14(13)2)9-5-4-8-16(3,12-19)17-15-6-7-15/h13-15,17,19H,4-12H2,1-3H3. The van der Waals surface area contributed by atoms with Gasteiger partial charge in [-0.3, -0.25) is 0 Å². The molecule has 1 heterocycles. The quantitative estimate of drug-likeness (QED) is 0.663. The van der Waals surface area contributed by atoms with E-state index in [4.69, 9.17) is 0 Å². The summed E-state index contributed by atoms with van der Waals surface area (Å²) in [4.78, 5) is 2.61. The minimum Gasteiger partial charge on any atom is -0.394 e. The van der Waals surface area contributed by atoms with Crippen molar-refractivity contribution in [2.24, 2.45) is 11.8 Å². The molecule has 0 aromatic carbocycles. The molecule has 2 aliphatic rings. The van der Waals surface area contributed by atoms with E-state index in [1.807, 2.05) is 0 Å². The first-order valence-electron chi connectivity index (χ1n) is 8.13. The van der Waals surface area contributed by atoms with Gasteiger partial charge in [-0.25, -0.2) is 0 Å². The summed E-state index contributed by atoms with van der Waals surface area (Å²) in [5.74, 6) is 1.72. The van der Waals surface area contributed by atoms with E-state index in [-0.39, 0.29) is 12.1 Å². The monoisotopic (exact) mass is 268 g/mol. The van der Waals surface area contributed by atoms with E-state index in [1.165, 1.54) is 45.3 Å². The van der Waals surface area contributed by atoms with Crippen molar-refractivity contribution in [2.45, 2.75) is 64.5 Å². The molecule has 3 atom stereocenters. The van der Waals surface area contributed by atoms with Crippen LogP contribution in [-0.2, 0) is 0 Å². The lowest BCUT2D eigenvalue weighted by molar-refractivity contribution is 0.159. The summed E-state index contributed by atoms with van der Waals surface area (Å²) in [5.41, 5.74) is -0.0488. The Morgan fingerprint density at radius 2 is 1.79 bits per heavy atom. The Balaban J connectivity index is 1.60. The van der Waals surface area contributed by atoms with E-state index < -0.39 is 0 Å². The highest BCUT2D eigenvalue weighted by Gasteiger charge is 2.31. The largest absolute Gasteiger partial charge is 0.394 e. The topological polar surface area (TPSA) is 35.5 Å². The molecule has 0 bridgehead atoms. The SMILES string of the molecule is CC1CN(CCCCC(C)(CO)NC2CC2)CC1C. The van der Waals surface area contributed by atoms with Crippen molar-refractivity contribution in [3.8, 4) is 0 Å². The maximum Gasteiger partial charge on any atom is 0.0610 e. The molecule has 19 heavy (non-hydrogen) atoms. The Bertz CT molecular complexity index is 270. The van der Waals surface area contributed by atoms with Crippen molar-refractivity contribution in [3.05, 3.63) is 0 Å². The lowest BCUT2D eigenvalue weighted by Crippen LogP contribution is -2.46. The molecule has 0 amide bonds. The molecule has 1 aliphatic carbocycles. The van der Waals surface area contributed by atoms with Gasteiger partial charge < -0.3 is 15.3 Å². The number of rotatable bonds is 8. The third kappa shape index (κ3) is 4.73. The molecule has 1 aliphatic heterocycles. The van der Waals surface area contributed by atoms with Gasteiger partial charge in [0, 0.05) is 24.7 Å². The highest BCUT2D eigenvalue weighted by atomic mass is 16.3. The van der Waals surface area contributed by atoms with Crippen LogP contribution in [0.1, 0.15) is 52.9 Å². The molecule has 1 saturated carbocycles. The first-order valence-corrected chi connectivity index (χ1v) is 8.13. The van der Waals surface area contributed by atoms with Gasteiger partial charge in [-0.1, -0.05) is 20.3 Å². The average molecular weight is 268 g/mol. The van der Waals surface area contributed by atoms with Crippen LogP contribution in [0, 0.1) is 11.8 Å². The predicted molar refractivity (Wildman–Crippen MR) is 80.3 cm³/mol. The molecule has 0 aromatic heterocycles. The second-order valence-corrected chi connectivity index (χ2v) is 7.31. The van der Waals surface area contributed by atoms with Crippen LogP contribution in [0.15, 0.2) is 0 Å². The summed E-state index contributed by atoms with van der Waals surface area (Å²) in [6.45, 7) is 11.0. The number of hydrogen-bond donors (Lipinski definition) is 2. The first kappa shape index (κ1) is 15.3. The highest BCUT2D eigenvalue weighted by Crippen LogP contribution is 2.26. The second-order valence-electron chi connectivity index (χ2n) is 7.31. The Kier molecular flexibility index (Phi) is 5.27. The van der Waals surface area contributed by atoms with Gasteiger partial charge in [-0.15, -0.1) is 0 Å². The first-order chi connectivity index (χ1) is 9.02. The maximum absolute atomic E-state index is 9.57. The van der Waals surface area contributed by atoms with E-state index in [1.54, 1.807) is 0 Å². The molecule has 2 rings (SSSR count). The number of likely N-dealkylation sites (tertiary alicyclic amines) is 1. The van der Waals surface area contributed by atoms with Gasteiger partial charge in [-0.2, -0.15) is 0 Å². The molecular formula is C16H32N2O. The lowest BCUT2D eigenvalue weighted by atomic mass is 9.95. The molecule has 3 nitrogen and oxygen atoms in total. The number of aliphatic hydroxyl groups excluding tert-OH is 1. The number of unbranched alkanes of at least 4 members (excludes halogenated alkanes) is 1. The molecule has 1 saturated heterocycles. The fraction of sp³-hybridized carbons (Fsp3) is 1.00. The number of hydrogen-bond acceptors (Lipinski definition) is 3. The van der Waals surface area contributed by atoms with Crippen molar-refractivity contribution in [3.63, 3.8) is 0 Å². The Labute approximate surface area is 118 Å². The van der Waals surface area contributed by atoms with Crippen molar-refractivity contribution in [2.75, 3.05) is 26.2 Å². The number of aliphatic hydroxyl groups is 1. The van der Waals surface area contributed by atoms with Gasteiger partial charge in [0.25, 0.3) is 0 Å². The third-order valence-electron chi connectivity index (χ3n) is 5.00. The zero-order valence-corrected chi connectivity index (χ0v) is 13.0. The Morgan fingerprint density at radius 3 is 2.32 bits per heavy atom. The van der Waals surface area contributed by atoms with E-state index in [0.717, 1.165) is 18.3 Å². The Morgan fingerprint density at radius 1 is 1.16 bits per heavy atom. The van der Waals surface area contributed by atoms with Crippen LogP contribution in [0.2, 0.25) is 0 Å². The van der Waals surface area contributed by atoms with Crippen molar-refractivity contribution >= 4 is 0 Å². The van der Waals surface area contributed by atoms with Crippen LogP contribution in [-0.4, -0.2) is 47.8 Å². The molecule has 112 valence electrons. The molecule has 2 N–H and O–H groups in total. The van der Waals surface area contributed by atoms with Crippen LogP contribution in [0.25, 0.3) is 0 Å². The summed E-state index contributed by atoms with van der Waals surface area (Å²) >= 11 is 0. The summed E-state index contributed by atoms with van der Waals surface area (Å²) in [7, 11) is 0. The maximum atomic E-state index is 9.57. The fourth-order valence-electron chi connectivity index (χ4n) is 3.20. The van der Waals surface area contributed by atoms with Gasteiger partial charge in [-0.05, 0) is 51.0 Å². The van der Waals surface area contributed by atoms with Gasteiger partial charge in [0.15, 0.2) is 0 Å². The molecule has 0 aromatic rings. The second kappa shape index (κ2) is 6.55. The van der Waals surface area contributed by atoms with E-state index >= 15 is 0 Å². The molecule has 3 heteroatoms. The van der Waals surface area contributed by atoms with E-state index in [0.29, 0.717) is 6.04 Å². The zero-order chi connectivity index (χ0) is 13.9. The van der Waals surface area contributed by atoms with Crippen LogP contribution < -0.4 is 5.32 Å². The summed E-state index contributed by atoms with van der Waals surface area (Å²) < 4.78 is 0.